The van der Waals surface area contributed by atoms with Crippen molar-refractivity contribution in [2.45, 2.75) is 0 Å². The van der Waals surface area contributed by atoms with E-state index in [4.69, 9.17) is 9.47 Å². The fraction of sp³-hybridized carbons (Fsp3) is 0.438. The van der Waals surface area contributed by atoms with Crippen LogP contribution in [0.15, 0.2) is 23.3 Å². The molecule has 1 aromatic carbocycles. The van der Waals surface area contributed by atoms with Crippen molar-refractivity contribution in [3.05, 3.63) is 23.8 Å². The number of phenolic OH excluding ortho intramolecular Hbond substituents is 1. The first-order chi connectivity index (χ1) is 12.1. The molecule has 1 saturated heterocycles. The molecule has 0 radical (unpaired) electrons. The average Bonchev–Trinajstić information content (AvgIpc) is 2.63. The second-order valence-corrected chi connectivity index (χ2v) is 5.34. The highest BCUT2D eigenvalue weighted by atomic mass is 16.5. The van der Waals surface area contributed by atoms with E-state index >= 15 is 0 Å². The van der Waals surface area contributed by atoms with Crippen molar-refractivity contribution in [2.24, 2.45) is 5.10 Å². The lowest BCUT2D eigenvalue weighted by atomic mass is 10.2. The van der Waals surface area contributed by atoms with Gasteiger partial charge in [0, 0.05) is 26.2 Å². The number of morpholine rings is 1. The summed E-state index contributed by atoms with van der Waals surface area (Å²) in [5.41, 5.74) is 2.75. The standard InChI is InChI=1S/C16H22N4O5/c1-24-14-10-12(2-3-13(14)21)11-18-19-16(23)15(22)17-4-5-20-6-8-25-9-7-20/h2-3,10-11,21H,4-9H2,1H3,(H,17,22)(H,19,23). The van der Waals surface area contributed by atoms with Crippen molar-refractivity contribution in [3.63, 3.8) is 0 Å². The fourth-order valence-corrected chi connectivity index (χ4v) is 2.22. The zero-order valence-corrected chi connectivity index (χ0v) is 14.0. The summed E-state index contributed by atoms with van der Waals surface area (Å²) >= 11 is 0. The van der Waals surface area contributed by atoms with Crippen LogP contribution in [0.1, 0.15) is 5.56 Å². The van der Waals surface area contributed by atoms with Gasteiger partial charge in [-0.2, -0.15) is 5.10 Å². The van der Waals surface area contributed by atoms with E-state index in [1.54, 1.807) is 12.1 Å². The maximum atomic E-state index is 11.7. The number of carbonyl (C=O) groups excluding carboxylic acids is 2. The maximum absolute atomic E-state index is 11.7. The van der Waals surface area contributed by atoms with Crippen LogP contribution in [-0.4, -0.2) is 74.5 Å². The van der Waals surface area contributed by atoms with Crippen LogP contribution in [0.25, 0.3) is 0 Å². The van der Waals surface area contributed by atoms with Crippen LogP contribution in [0, 0.1) is 0 Å². The minimum absolute atomic E-state index is 0.00308. The topological polar surface area (TPSA) is 112 Å². The van der Waals surface area contributed by atoms with Crippen LogP contribution in [0.3, 0.4) is 0 Å². The number of hydrazone groups is 1. The summed E-state index contributed by atoms with van der Waals surface area (Å²) in [6.45, 7) is 4.06. The minimum atomic E-state index is -0.844. The lowest BCUT2D eigenvalue weighted by Gasteiger charge is -2.26. The van der Waals surface area contributed by atoms with E-state index in [0.717, 1.165) is 13.1 Å². The molecule has 0 bridgehead atoms. The molecule has 1 aromatic rings. The molecule has 0 aromatic heterocycles. The van der Waals surface area contributed by atoms with Crippen molar-refractivity contribution in [2.75, 3.05) is 46.5 Å². The van der Waals surface area contributed by atoms with Crippen LogP contribution in [0.5, 0.6) is 11.5 Å². The molecular formula is C16H22N4O5. The third-order valence-corrected chi connectivity index (χ3v) is 3.61. The van der Waals surface area contributed by atoms with Gasteiger partial charge in [0.2, 0.25) is 0 Å². The van der Waals surface area contributed by atoms with Gasteiger partial charge in [-0.05, 0) is 23.8 Å². The van der Waals surface area contributed by atoms with Crippen LogP contribution >= 0.6 is 0 Å². The van der Waals surface area contributed by atoms with Gasteiger partial charge in [-0.15, -0.1) is 0 Å². The zero-order valence-electron chi connectivity index (χ0n) is 14.0. The number of benzene rings is 1. The zero-order chi connectivity index (χ0) is 18.1. The molecule has 2 rings (SSSR count). The second kappa shape index (κ2) is 9.60. The van der Waals surface area contributed by atoms with Crippen molar-refractivity contribution in [1.29, 1.82) is 0 Å². The summed E-state index contributed by atoms with van der Waals surface area (Å²) in [7, 11) is 1.43. The van der Waals surface area contributed by atoms with E-state index in [0.29, 0.717) is 31.9 Å². The molecule has 0 saturated carbocycles. The Morgan fingerprint density at radius 2 is 2.12 bits per heavy atom. The fourth-order valence-electron chi connectivity index (χ4n) is 2.22. The van der Waals surface area contributed by atoms with E-state index in [9.17, 15) is 14.7 Å². The molecule has 0 unspecified atom stereocenters. The molecule has 9 nitrogen and oxygen atoms in total. The number of ether oxygens (including phenoxy) is 2. The average molecular weight is 350 g/mol. The molecule has 2 amide bonds. The molecular weight excluding hydrogens is 328 g/mol. The van der Waals surface area contributed by atoms with Gasteiger partial charge >= 0.3 is 11.8 Å². The van der Waals surface area contributed by atoms with Gasteiger partial charge in [0.05, 0.1) is 26.5 Å². The van der Waals surface area contributed by atoms with E-state index in [2.05, 4.69) is 20.7 Å². The van der Waals surface area contributed by atoms with Gasteiger partial charge in [-0.25, -0.2) is 5.43 Å². The molecule has 1 aliphatic heterocycles. The number of amides is 2. The number of nitrogens with zero attached hydrogens (tertiary/aromatic N) is 2. The third kappa shape index (κ3) is 6.05. The van der Waals surface area contributed by atoms with E-state index in [-0.39, 0.29) is 11.5 Å². The number of phenols is 1. The molecule has 1 aliphatic rings. The molecule has 0 atom stereocenters. The molecule has 1 fully saturated rings. The van der Waals surface area contributed by atoms with Crippen LogP contribution in [0.2, 0.25) is 0 Å². The lowest BCUT2D eigenvalue weighted by Crippen LogP contribution is -2.44. The van der Waals surface area contributed by atoms with Gasteiger partial charge < -0.3 is 19.9 Å². The summed E-state index contributed by atoms with van der Waals surface area (Å²) in [5.74, 6) is -1.29. The highest BCUT2D eigenvalue weighted by Crippen LogP contribution is 2.25. The Hall–Kier alpha value is -2.65. The molecule has 136 valence electrons. The highest BCUT2D eigenvalue weighted by Gasteiger charge is 2.14. The van der Waals surface area contributed by atoms with Crippen molar-refractivity contribution in [3.8, 4) is 11.5 Å². The number of carbonyl (C=O) groups is 2. The monoisotopic (exact) mass is 350 g/mol. The SMILES string of the molecule is COc1cc(C=NNC(=O)C(=O)NCCN2CCOCC2)ccc1O. The number of hydrogen-bond donors (Lipinski definition) is 3. The summed E-state index contributed by atoms with van der Waals surface area (Å²) in [6.07, 6.45) is 1.35. The number of methoxy groups -OCH3 is 1. The summed E-state index contributed by atoms with van der Waals surface area (Å²) < 4.78 is 10.2. The first kappa shape index (κ1) is 18.7. The minimum Gasteiger partial charge on any atom is -0.504 e. The smallest absolute Gasteiger partial charge is 0.329 e. The number of aromatic hydroxyl groups is 1. The highest BCUT2D eigenvalue weighted by molar-refractivity contribution is 6.35. The molecule has 0 spiro atoms. The molecule has 25 heavy (non-hydrogen) atoms. The Balaban J connectivity index is 1.72. The number of rotatable bonds is 6. The quantitative estimate of drug-likeness (QED) is 0.355. The van der Waals surface area contributed by atoms with Gasteiger partial charge in [0.1, 0.15) is 0 Å². The van der Waals surface area contributed by atoms with E-state index in [1.165, 1.54) is 19.4 Å². The first-order valence-electron chi connectivity index (χ1n) is 7.88. The molecule has 3 N–H and O–H groups in total. The Morgan fingerprint density at radius 3 is 2.84 bits per heavy atom. The van der Waals surface area contributed by atoms with Crippen molar-refractivity contribution < 1.29 is 24.2 Å². The van der Waals surface area contributed by atoms with Crippen LogP contribution in [-0.2, 0) is 14.3 Å². The Morgan fingerprint density at radius 1 is 1.36 bits per heavy atom. The molecule has 1 heterocycles. The largest absolute Gasteiger partial charge is 0.504 e. The van der Waals surface area contributed by atoms with Gasteiger partial charge in [0.25, 0.3) is 0 Å². The lowest BCUT2D eigenvalue weighted by molar-refractivity contribution is -0.139. The molecule has 0 aliphatic carbocycles. The Bertz CT molecular complexity index is 629. The number of hydrogen-bond acceptors (Lipinski definition) is 7. The summed E-state index contributed by atoms with van der Waals surface area (Å²) in [5, 5.41) is 15.8. The third-order valence-electron chi connectivity index (χ3n) is 3.61. The Kier molecular flexibility index (Phi) is 7.17. The van der Waals surface area contributed by atoms with E-state index < -0.39 is 11.8 Å². The van der Waals surface area contributed by atoms with Crippen LogP contribution < -0.4 is 15.5 Å². The summed E-state index contributed by atoms with van der Waals surface area (Å²) in [6, 6.07) is 4.59. The maximum Gasteiger partial charge on any atom is 0.329 e. The predicted octanol–water partition coefficient (Wildman–Crippen LogP) is -0.701. The first-order valence-corrected chi connectivity index (χ1v) is 7.88. The normalized spacial score (nSPS) is 15.1. The predicted molar refractivity (Wildman–Crippen MR) is 90.7 cm³/mol. The van der Waals surface area contributed by atoms with Gasteiger partial charge in [0.15, 0.2) is 11.5 Å². The van der Waals surface area contributed by atoms with E-state index in [1.807, 2.05) is 0 Å². The number of nitrogens with one attached hydrogen (secondary N) is 2. The van der Waals surface area contributed by atoms with Crippen LogP contribution in [0.4, 0.5) is 0 Å². The van der Waals surface area contributed by atoms with Gasteiger partial charge in [-0.3, -0.25) is 14.5 Å². The van der Waals surface area contributed by atoms with Gasteiger partial charge in [-0.1, -0.05) is 0 Å². The Labute approximate surface area is 145 Å². The van der Waals surface area contributed by atoms with Crippen molar-refractivity contribution in [1.82, 2.24) is 15.6 Å². The van der Waals surface area contributed by atoms with Crippen molar-refractivity contribution >= 4 is 18.0 Å². The summed E-state index contributed by atoms with van der Waals surface area (Å²) in [4.78, 5) is 25.5. The molecule has 9 heteroatoms. The second-order valence-electron chi connectivity index (χ2n) is 5.34.